The number of rotatable bonds is 11. The van der Waals surface area contributed by atoms with Gasteiger partial charge in [0.15, 0.2) is 5.12 Å². The van der Waals surface area contributed by atoms with E-state index in [0.717, 1.165) is 18.2 Å². The van der Waals surface area contributed by atoms with Crippen LogP contribution in [0.3, 0.4) is 0 Å². The molecule has 0 fully saturated rings. The average Bonchev–Trinajstić information content (AvgIpc) is 2.69. The predicted molar refractivity (Wildman–Crippen MR) is 117 cm³/mol. The molecule has 0 aliphatic rings. The monoisotopic (exact) mass is 438 g/mol. The zero-order valence-electron chi connectivity index (χ0n) is 17.8. The molecule has 0 saturated carbocycles. The fraction of sp³-hybridized carbons (Fsp3) is 0.550. The van der Waals surface area contributed by atoms with E-state index in [-0.39, 0.29) is 29.2 Å². The highest BCUT2D eigenvalue weighted by Gasteiger charge is 2.24. The smallest absolute Gasteiger partial charge is 0.318 e. The van der Waals surface area contributed by atoms with Gasteiger partial charge in [0.05, 0.1) is 4.92 Å². The lowest BCUT2D eigenvalue weighted by atomic mass is 10.0. The van der Waals surface area contributed by atoms with E-state index in [4.69, 9.17) is 0 Å². The summed E-state index contributed by atoms with van der Waals surface area (Å²) in [5.41, 5.74) is 0.650. The van der Waals surface area contributed by atoms with Crippen molar-refractivity contribution in [1.29, 1.82) is 0 Å². The van der Waals surface area contributed by atoms with Gasteiger partial charge in [-0.25, -0.2) is 4.79 Å². The molecule has 0 aliphatic heterocycles. The third-order valence-electron chi connectivity index (χ3n) is 4.38. The molecule has 0 unspecified atom stereocenters. The number of hydrogen-bond acceptors (Lipinski definition) is 6. The maximum absolute atomic E-state index is 12.8. The minimum atomic E-state index is -0.828. The molecular formula is C20H30N4O5S. The van der Waals surface area contributed by atoms with Crippen LogP contribution in [0.5, 0.6) is 0 Å². The van der Waals surface area contributed by atoms with Gasteiger partial charge in [-0.15, -0.1) is 0 Å². The number of non-ortho nitro benzene ring substituents is 1. The molecule has 0 radical (unpaired) electrons. The Morgan fingerprint density at radius 1 is 1.17 bits per heavy atom. The van der Waals surface area contributed by atoms with Crippen LogP contribution in [0.25, 0.3) is 0 Å². The number of carbonyl (C=O) groups excluding carboxylic acids is 3. The quantitative estimate of drug-likeness (QED) is 0.404. The van der Waals surface area contributed by atoms with Gasteiger partial charge in [-0.05, 0) is 17.9 Å². The van der Waals surface area contributed by atoms with Crippen molar-refractivity contribution in [3.05, 3.63) is 39.9 Å². The van der Waals surface area contributed by atoms with Crippen molar-refractivity contribution < 1.29 is 19.3 Å². The molecule has 0 heterocycles. The zero-order valence-corrected chi connectivity index (χ0v) is 18.7. The normalized spacial score (nSPS) is 11.6. The Balaban J connectivity index is 2.87. The van der Waals surface area contributed by atoms with Crippen molar-refractivity contribution in [2.24, 2.45) is 5.92 Å². The highest BCUT2D eigenvalue weighted by atomic mass is 32.2. The van der Waals surface area contributed by atoms with Gasteiger partial charge in [-0.2, -0.15) is 0 Å². The summed E-state index contributed by atoms with van der Waals surface area (Å²) in [4.78, 5) is 48.3. The molecule has 0 spiro atoms. The van der Waals surface area contributed by atoms with E-state index in [0.29, 0.717) is 30.3 Å². The van der Waals surface area contributed by atoms with Crippen molar-refractivity contribution in [3.8, 4) is 0 Å². The van der Waals surface area contributed by atoms with Gasteiger partial charge in [0, 0.05) is 51.4 Å². The van der Waals surface area contributed by atoms with E-state index in [2.05, 4.69) is 24.5 Å². The van der Waals surface area contributed by atoms with Crippen LogP contribution in [0.4, 0.5) is 10.5 Å². The van der Waals surface area contributed by atoms with Crippen molar-refractivity contribution in [2.75, 3.05) is 25.9 Å². The molecule has 10 heteroatoms. The van der Waals surface area contributed by atoms with Crippen LogP contribution in [0.15, 0.2) is 24.3 Å². The van der Waals surface area contributed by atoms with E-state index < -0.39 is 11.0 Å². The Kier molecular flexibility index (Phi) is 10.9. The second kappa shape index (κ2) is 12.8. The first-order valence-electron chi connectivity index (χ1n) is 9.77. The first-order chi connectivity index (χ1) is 14.1. The van der Waals surface area contributed by atoms with Gasteiger partial charge in [0.25, 0.3) is 5.69 Å². The van der Waals surface area contributed by atoms with Crippen LogP contribution in [-0.2, 0) is 16.0 Å². The molecule has 0 bridgehead atoms. The summed E-state index contributed by atoms with van der Waals surface area (Å²) >= 11 is 1.15. The number of nitrogens with zero attached hydrogens (tertiary/aromatic N) is 2. The number of hydrogen-bond donors (Lipinski definition) is 2. The Hall–Kier alpha value is -2.62. The lowest BCUT2D eigenvalue weighted by Crippen LogP contribution is -2.52. The summed E-state index contributed by atoms with van der Waals surface area (Å²) in [6.45, 7) is 6.50. The number of nitrogens with one attached hydrogen (secondary N) is 2. The molecule has 1 aromatic carbocycles. The number of nitro groups is 1. The van der Waals surface area contributed by atoms with Crippen LogP contribution in [0.1, 0.15) is 32.8 Å². The Labute approximate surface area is 181 Å². The van der Waals surface area contributed by atoms with E-state index in [1.165, 1.54) is 26.1 Å². The van der Waals surface area contributed by atoms with E-state index >= 15 is 0 Å². The fourth-order valence-electron chi connectivity index (χ4n) is 2.64. The summed E-state index contributed by atoms with van der Waals surface area (Å²) < 4.78 is 0. The predicted octanol–water partition coefficient (Wildman–Crippen LogP) is 2.59. The van der Waals surface area contributed by atoms with Crippen molar-refractivity contribution in [1.82, 2.24) is 15.5 Å². The van der Waals surface area contributed by atoms with Crippen LogP contribution < -0.4 is 10.6 Å². The van der Waals surface area contributed by atoms with Crippen molar-refractivity contribution >= 4 is 34.5 Å². The number of carbonyl (C=O) groups is 3. The minimum Gasteiger partial charge on any atom is -0.357 e. The number of likely N-dealkylation sites (N-methyl/N-ethyl adjacent to an activating group) is 1. The van der Waals surface area contributed by atoms with Crippen molar-refractivity contribution in [3.63, 3.8) is 0 Å². The SMILES string of the molecule is CNC(=O)[C@H](Cc1ccc([N+](=O)[O-])cc1)NC(=O)N(CCSC(C)=O)CCC(C)C. The first-order valence-corrected chi connectivity index (χ1v) is 10.8. The Morgan fingerprint density at radius 3 is 2.30 bits per heavy atom. The average molecular weight is 439 g/mol. The fourth-order valence-corrected chi connectivity index (χ4v) is 3.24. The van der Waals surface area contributed by atoms with Gasteiger partial charge >= 0.3 is 6.03 Å². The van der Waals surface area contributed by atoms with Crippen LogP contribution in [0, 0.1) is 16.0 Å². The number of amides is 3. The third-order valence-corrected chi connectivity index (χ3v) is 5.17. The first kappa shape index (κ1) is 25.4. The molecule has 3 amide bonds. The standard InChI is InChI=1S/C20H30N4O5S/c1-14(2)9-10-23(11-12-30-15(3)25)20(27)22-18(19(26)21-4)13-16-5-7-17(8-6-16)24(28)29/h5-8,14,18H,9-13H2,1-4H3,(H,21,26)(H,22,27)/t18-/m0/s1. The summed E-state index contributed by atoms with van der Waals surface area (Å²) in [6, 6.07) is 4.67. The van der Waals surface area contributed by atoms with Gasteiger partial charge in [0.2, 0.25) is 5.91 Å². The van der Waals surface area contributed by atoms with Crippen LogP contribution in [0.2, 0.25) is 0 Å². The molecule has 30 heavy (non-hydrogen) atoms. The summed E-state index contributed by atoms with van der Waals surface area (Å²) in [7, 11) is 1.48. The highest BCUT2D eigenvalue weighted by Crippen LogP contribution is 2.14. The van der Waals surface area contributed by atoms with Gasteiger partial charge in [0.1, 0.15) is 6.04 Å². The molecule has 0 aliphatic carbocycles. The molecule has 0 saturated heterocycles. The molecule has 9 nitrogen and oxygen atoms in total. The van der Waals surface area contributed by atoms with Crippen molar-refractivity contribution in [2.45, 2.75) is 39.7 Å². The molecule has 166 valence electrons. The Bertz CT molecular complexity index is 739. The topological polar surface area (TPSA) is 122 Å². The molecular weight excluding hydrogens is 408 g/mol. The van der Waals surface area contributed by atoms with E-state index in [1.807, 2.05) is 0 Å². The second-order valence-corrected chi connectivity index (χ2v) is 8.53. The highest BCUT2D eigenvalue weighted by molar-refractivity contribution is 8.13. The summed E-state index contributed by atoms with van der Waals surface area (Å²) in [5, 5.41) is 16.1. The van der Waals surface area contributed by atoms with Gasteiger partial charge in [-0.3, -0.25) is 19.7 Å². The lowest BCUT2D eigenvalue weighted by Gasteiger charge is -2.26. The van der Waals surface area contributed by atoms with E-state index in [1.54, 1.807) is 17.0 Å². The summed E-state index contributed by atoms with van der Waals surface area (Å²) in [6.07, 6.45) is 0.995. The number of urea groups is 1. The maximum atomic E-state index is 12.8. The van der Waals surface area contributed by atoms with Crippen LogP contribution in [-0.4, -0.2) is 58.8 Å². The van der Waals surface area contributed by atoms with Gasteiger partial charge < -0.3 is 15.5 Å². The number of benzene rings is 1. The van der Waals surface area contributed by atoms with E-state index in [9.17, 15) is 24.5 Å². The minimum absolute atomic E-state index is 0.0133. The molecule has 1 aromatic rings. The molecule has 1 atom stereocenters. The molecule has 0 aromatic heterocycles. The molecule has 2 N–H and O–H groups in total. The third kappa shape index (κ3) is 9.25. The number of nitro benzene ring substituents is 1. The van der Waals surface area contributed by atoms with Crippen LogP contribution >= 0.6 is 11.8 Å². The summed E-state index contributed by atoms with van der Waals surface area (Å²) in [5.74, 6) is 0.521. The zero-order chi connectivity index (χ0) is 22.7. The Morgan fingerprint density at radius 2 is 1.80 bits per heavy atom. The lowest BCUT2D eigenvalue weighted by molar-refractivity contribution is -0.384. The van der Waals surface area contributed by atoms with Gasteiger partial charge in [-0.1, -0.05) is 37.7 Å². The molecule has 1 rings (SSSR count). The maximum Gasteiger partial charge on any atom is 0.318 e. The number of thioether (sulfide) groups is 1. The second-order valence-electron chi connectivity index (χ2n) is 7.25. The largest absolute Gasteiger partial charge is 0.357 e.